The monoisotopic (exact) mass is 272 g/mol. The Balaban J connectivity index is 2.34. The number of hydrogen-bond donors (Lipinski definition) is 2. The zero-order valence-electron chi connectivity index (χ0n) is 8.24. The van der Waals surface area contributed by atoms with Crippen molar-refractivity contribution in [2.24, 2.45) is 0 Å². The lowest BCUT2D eigenvalue weighted by atomic mass is 10.2. The summed E-state index contributed by atoms with van der Waals surface area (Å²) in [5.74, 6) is 0.502. The van der Waals surface area contributed by atoms with E-state index in [1.54, 1.807) is 11.6 Å². The number of nitrogens with one attached hydrogen (secondary N) is 1. The fourth-order valence-corrected chi connectivity index (χ4v) is 2.58. The predicted molar refractivity (Wildman–Crippen MR) is 70.8 cm³/mol. The summed E-state index contributed by atoms with van der Waals surface area (Å²) in [7, 11) is 0. The van der Waals surface area contributed by atoms with Gasteiger partial charge in [-0.3, -0.25) is 9.78 Å². The smallest absolute Gasteiger partial charge is 0.254 e. The molecule has 0 aliphatic heterocycles. The van der Waals surface area contributed by atoms with Crippen LogP contribution in [0.3, 0.4) is 0 Å². The molecule has 0 radical (unpaired) electrons. The maximum atomic E-state index is 11.8. The number of amides is 1. The van der Waals surface area contributed by atoms with Crippen molar-refractivity contribution in [2.45, 2.75) is 0 Å². The van der Waals surface area contributed by atoms with E-state index in [1.165, 1.54) is 11.3 Å². The number of nitrogens with zero attached hydrogens (tertiary/aromatic N) is 1. The standard InChI is InChI=1S/C10H9ClN2OS2/c11-6-3-8-9(13-4-6)7(5-16-8)10(14)12-1-2-15/h3-5,15H,1-2H2,(H,12,14). The molecule has 0 spiro atoms. The fourth-order valence-electron chi connectivity index (χ4n) is 1.32. The molecule has 0 aliphatic carbocycles. The SMILES string of the molecule is O=C(NCCS)c1csc2cc(Cl)cnc12. The van der Waals surface area contributed by atoms with E-state index >= 15 is 0 Å². The topological polar surface area (TPSA) is 42.0 Å². The molecule has 3 nitrogen and oxygen atoms in total. The highest BCUT2D eigenvalue weighted by atomic mass is 35.5. The summed E-state index contributed by atoms with van der Waals surface area (Å²) < 4.78 is 0.920. The molecule has 1 amide bonds. The van der Waals surface area contributed by atoms with Gasteiger partial charge in [0.15, 0.2) is 0 Å². The Morgan fingerprint density at radius 3 is 3.19 bits per heavy atom. The molecular formula is C10H9ClN2OS2. The molecule has 16 heavy (non-hydrogen) atoms. The van der Waals surface area contributed by atoms with Crippen LogP contribution in [0.2, 0.25) is 5.02 Å². The van der Waals surface area contributed by atoms with E-state index in [2.05, 4.69) is 22.9 Å². The molecule has 0 bridgehead atoms. The van der Waals surface area contributed by atoms with Gasteiger partial charge in [0, 0.05) is 23.9 Å². The number of hydrogen-bond acceptors (Lipinski definition) is 4. The average Bonchev–Trinajstić information content (AvgIpc) is 2.68. The van der Waals surface area contributed by atoms with E-state index in [4.69, 9.17) is 11.6 Å². The van der Waals surface area contributed by atoms with E-state index in [-0.39, 0.29) is 5.91 Å². The van der Waals surface area contributed by atoms with Crippen molar-refractivity contribution in [3.63, 3.8) is 0 Å². The molecular weight excluding hydrogens is 264 g/mol. The fraction of sp³-hybridized carbons (Fsp3) is 0.200. The van der Waals surface area contributed by atoms with E-state index in [0.717, 1.165) is 4.70 Å². The highest BCUT2D eigenvalue weighted by molar-refractivity contribution is 7.80. The van der Waals surface area contributed by atoms with Gasteiger partial charge in [0.2, 0.25) is 0 Å². The quantitative estimate of drug-likeness (QED) is 0.844. The minimum Gasteiger partial charge on any atom is -0.351 e. The van der Waals surface area contributed by atoms with Gasteiger partial charge in [-0.25, -0.2) is 0 Å². The van der Waals surface area contributed by atoms with E-state index < -0.39 is 0 Å². The summed E-state index contributed by atoms with van der Waals surface area (Å²) in [6, 6.07) is 1.81. The largest absolute Gasteiger partial charge is 0.351 e. The third kappa shape index (κ3) is 2.31. The molecule has 0 aromatic carbocycles. The van der Waals surface area contributed by atoms with Gasteiger partial charge in [-0.1, -0.05) is 11.6 Å². The van der Waals surface area contributed by atoms with Crippen molar-refractivity contribution >= 4 is 51.7 Å². The first-order valence-electron chi connectivity index (χ1n) is 4.64. The summed E-state index contributed by atoms with van der Waals surface area (Å²) in [5.41, 5.74) is 1.30. The first kappa shape index (κ1) is 11.7. The number of carbonyl (C=O) groups excluding carboxylic acids is 1. The number of rotatable bonds is 3. The number of thiol groups is 1. The molecule has 2 rings (SSSR count). The number of halogens is 1. The van der Waals surface area contributed by atoms with Crippen LogP contribution < -0.4 is 5.32 Å². The van der Waals surface area contributed by atoms with Gasteiger partial charge in [0.1, 0.15) is 0 Å². The van der Waals surface area contributed by atoms with Crippen molar-refractivity contribution in [3.05, 3.63) is 28.2 Å². The van der Waals surface area contributed by atoms with Gasteiger partial charge < -0.3 is 5.32 Å². The first-order chi connectivity index (χ1) is 7.72. The zero-order valence-corrected chi connectivity index (χ0v) is 10.7. The summed E-state index contributed by atoms with van der Waals surface area (Å²) in [6.45, 7) is 0.548. The van der Waals surface area contributed by atoms with Crippen LogP contribution >= 0.6 is 35.6 Å². The Morgan fingerprint density at radius 1 is 1.62 bits per heavy atom. The van der Waals surface area contributed by atoms with Gasteiger partial charge in [-0.2, -0.15) is 12.6 Å². The summed E-state index contributed by atoms with van der Waals surface area (Å²) in [5, 5.41) is 5.13. The van der Waals surface area contributed by atoms with Crippen LogP contribution in [0.15, 0.2) is 17.6 Å². The Morgan fingerprint density at radius 2 is 2.44 bits per heavy atom. The molecule has 6 heteroatoms. The maximum Gasteiger partial charge on any atom is 0.254 e. The van der Waals surface area contributed by atoms with Crippen LogP contribution in [0.1, 0.15) is 10.4 Å². The van der Waals surface area contributed by atoms with Crippen molar-refractivity contribution < 1.29 is 4.79 Å². The molecule has 0 fully saturated rings. The normalized spacial score (nSPS) is 10.6. The van der Waals surface area contributed by atoms with Crippen LogP contribution in [0.25, 0.3) is 10.2 Å². The average molecular weight is 273 g/mol. The van der Waals surface area contributed by atoms with Crippen LogP contribution in [-0.2, 0) is 0 Å². The van der Waals surface area contributed by atoms with Crippen LogP contribution in [0.4, 0.5) is 0 Å². The predicted octanol–water partition coefficient (Wildman–Crippen LogP) is 2.61. The Labute approximate surface area is 107 Å². The minimum absolute atomic E-state index is 0.116. The lowest BCUT2D eigenvalue weighted by Crippen LogP contribution is -2.25. The third-order valence-electron chi connectivity index (χ3n) is 2.02. The molecule has 0 saturated heterocycles. The van der Waals surface area contributed by atoms with Gasteiger partial charge in [0.05, 0.1) is 20.8 Å². The van der Waals surface area contributed by atoms with Gasteiger partial charge in [-0.05, 0) is 6.07 Å². The van der Waals surface area contributed by atoms with Gasteiger partial charge in [-0.15, -0.1) is 11.3 Å². The molecule has 0 unspecified atom stereocenters. The van der Waals surface area contributed by atoms with Crippen molar-refractivity contribution in [3.8, 4) is 0 Å². The lowest BCUT2D eigenvalue weighted by molar-refractivity contribution is 0.0958. The Hall–Kier alpha value is -0.780. The number of carbonyl (C=O) groups is 1. The van der Waals surface area contributed by atoms with Crippen LogP contribution in [-0.4, -0.2) is 23.2 Å². The highest BCUT2D eigenvalue weighted by Gasteiger charge is 2.12. The van der Waals surface area contributed by atoms with E-state index in [9.17, 15) is 4.79 Å². The van der Waals surface area contributed by atoms with Gasteiger partial charge in [0.25, 0.3) is 5.91 Å². The lowest BCUT2D eigenvalue weighted by Gasteiger charge is -2.00. The highest BCUT2D eigenvalue weighted by Crippen LogP contribution is 2.26. The molecule has 2 heterocycles. The summed E-state index contributed by atoms with van der Waals surface area (Å²) in [4.78, 5) is 15.9. The minimum atomic E-state index is -0.116. The molecule has 1 N–H and O–H groups in total. The van der Waals surface area contributed by atoms with Gasteiger partial charge >= 0.3 is 0 Å². The second kappa shape index (κ2) is 5.03. The number of thiophene rings is 1. The van der Waals surface area contributed by atoms with Crippen LogP contribution in [0.5, 0.6) is 0 Å². The first-order valence-corrected chi connectivity index (χ1v) is 6.53. The molecule has 2 aromatic heterocycles. The van der Waals surface area contributed by atoms with Crippen LogP contribution in [0, 0.1) is 0 Å². The van der Waals surface area contributed by atoms with E-state index in [1.807, 2.05) is 6.07 Å². The third-order valence-corrected chi connectivity index (χ3v) is 3.37. The van der Waals surface area contributed by atoms with Crippen molar-refractivity contribution in [1.29, 1.82) is 0 Å². The maximum absolute atomic E-state index is 11.8. The summed E-state index contributed by atoms with van der Waals surface area (Å²) >= 11 is 11.3. The molecule has 0 atom stereocenters. The number of aromatic nitrogens is 1. The molecule has 84 valence electrons. The molecule has 2 aromatic rings. The molecule has 0 saturated carbocycles. The number of fused-ring (bicyclic) bond motifs is 1. The second-order valence-corrected chi connectivity index (χ2v) is 4.92. The second-order valence-electron chi connectivity index (χ2n) is 3.13. The number of pyridine rings is 1. The Bertz CT molecular complexity index is 527. The zero-order chi connectivity index (χ0) is 11.5. The Kier molecular flexibility index (Phi) is 3.68. The van der Waals surface area contributed by atoms with Crippen molar-refractivity contribution in [2.75, 3.05) is 12.3 Å². The van der Waals surface area contributed by atoms with Crippen molar-refractivity contribution in [1.82, 2.24) is 10.3 Å². The summed E-state index contributed by atoms with van der Waals surface area (Å²) in [6.07, 6.45) is 1.55. The molecule has 0 aliphatic rings. The van der Waals surface area contributed by atoms with E-state index in [0.29, 0.717) is 28.4 Å².